The molecule has 3 heteroatoms. The highest BCUT2D eigenvalue weighted by molar-refractivity contribution is 8.13. The van der Waals surface area contributed by atoms with Crippen molar-refractivity contribution in [2.45, 2.75) is 44.2 Å². The van der Waals surface area contributed by atoms with Gasteiger partial charge >= 0.3 is 0 Å². The summed E-state index contributed by atoms with van der Waals surface area (Å²) in [6.07, 6.45) is 9.01. The fraction of sp³-hybridized carbons (Fsp3) is 0.909. The molecule has 0 aromatic heterocycles. The number of rotatable bonds is 0. The summed E-state index contributed by atoms with van der Waals surface area (Å²) in [5.74, 6) is 2.01. The van der Waals surface area contributed by atoms with Gasteiger partial charge in [-0.3, -0.25) is 5.41 Å². The van der Waals surface area contributed by atoms with E-state index in [0.29, 0.717) is 0 Å². The first-order chi connectivity index (χ1) is 6.78. The zero-order valence-corrected chi connectivity index (χ0v) is 9.52. The van der Waals surface area contributed by atoms with Crippen molar-refractivity contribution >= 4 is 16.9 Å². The minimum Gasteiger partial charge on any atom is -0.346 e. The van der Waals surface area contributed by atoms with E-state index in [1.165, 1.54) is 32.1 Å². The normalized spacial score (nSPS) is 44.5. The maximum absolute atomic E-state index is 8.00. The second-order valence-electron chi connectivity index (χ2n) is 5.13. The lowest BCUT2D eigenvalue weighted by Gasteiger charge is -2.57. The minimum absolute atomic E-state index is 0.728. The molecule has 14 heavy (non-hydrogen) atoms. The molecule has 2 heterocycles. The van der Waals surface area contributed by atoms with Crippen molar-refractivity contribution in [3.05, 3.63) is 0 Å². The van der Waals surface area contributed by atoms with Crippen LogP contribution in [-0.2, 0) is 0 Å². The van der Waals surface area contributed by atoms with Crippen LogP contribution < -0.4 is 0 Å². The summed E-state index contributed by atoms with van der Waals surface area (Å²) >= 11 is 1.61. The first kappa shape index (κ1) is 9.08. The predicted octanol–water partition coefficient (Wildman–Crippen LogP) is 2.55. The standard InChI is InChI=1S/C11H18N2S/c1-14-11(12)13-9-3-7-2-8(5-9)6-10(13)4-7/h7-10,12H,2-6H2,1H3. The highest BCUT2D eigenvalue weighted by Crippen LogP contribution is 2.49. The van der Waals surface area contributed by atoms with Gasteiger partial charge in [-0.15, -0.1) is 0 Å². The molecule has 2 saturated carbocycles. The summed E-state index contributed by atoms with van der Waals surface area (Å²) in [6, 6.07) is 1.46. The molecule has 0 amide bonds. The summed E-state index contributed by atoms with van der Waals surface area (Å²) in [4.78, 5) is 2.43. The van der Waals surface area contributed by atoms with E-state index < -0.39 is 0 Å². The number of nitrogens with zero attached hydrogens (tertiary/aromatic N) is 1. The van der Waals surface area contributed by atoms with Gasteiger partial charge in [0.15, 0.2) is 5.17 Å². The highest BCUT2D eigenvalue weighted by atomic mass is 32.2. The van der Waals surface area contributed by atoms with E-state index in [0.717, 1.165) is 29.1 Å². The molecule has 0 aromatic carbocycles. The van der Waals surface area contributed by atoms with Gasteiger partial charge in [-0.05, 0) is 50.2 Å². The van der Waals surface area contributed by atoms with E-state index in [-0.39, 0.29) is 0 Å². The summed E-state index contributed by atoms with van der Waals surface area (Å²) in [7, 11) is 0. The Bertz CT molecular complexity index is 236. The first-order valence-corrected chi connectivity index (χ1v) is 6.91. The Morgan fingerprint density at radius 1 is 1.07 bits per heavy atom. The number of thioether (sulfide) groups is 1. The Hall–Kier alpha value is -0.180. The second kappa shape index (κ2) is 3.16. The maximum Gasteiger partial charge on any atom is 0.156 e. The zero-order chi connectivity index (χ0) is 9.71. The fourth-order valence-corrected chi connectivity index (χ4v) is 4.48. The van der Waals surface area contributed by atoms with Gasteiger partial charge in [0.25, 0.3) is 0 Å². The van der Waals surface area contributed by atoms with Crippen LogP contribution in [0.15, 0.2) is 0 Å². The Balaban J connectivity index is 1.84. The molecule has 4 fully saturated rings. The molecule has 2 aliphatic heterocycles. The average Bonchev–Trinajstić information content (AvgIpc) is 2.15. The molecule has 0 atom stereocenters. The lowest BCUT2D eigenvalue weighted by molar-refractivity contribution is -0.0145. The van der Waals surface area contributed by atoms with E-state index in [1.807, 2.05) is 6.26 Å². The number of hydrogen-bond acceptors (Lipinski definition) is 2. The third kappa shape index (κ3) is 1.21. The minimum atomic E-state index is 0.728. The van der Waals surface area contributed by atoms with Crippen molar-refractivity contribution in [3.63, 3.8) is 0 Å². The molecule has 2 saturated heterocycles. The molecule has 1 N–H and O–H groups in total. The van der Waals surface area contributed by atoms with Crippen LogP contribution in [0.1, 0.15) is 32.1 Å². The van der Waals surface area contributed by atoms with Crippen molar-refractivity contribution in [1.29, 1.82) is 5.41 Å². The molecule has 0 radical (unpaired) electrons. The third-order valence-electron chi connectivity index (χ3n) is 4.30. The monoisotopic (exact) mass is 210 g/mol. The molecule has 78 valence electrons. The molecule has 2 nitrogen and oxygen atoms in total. The lowest BCUT2D eigenvalue weighted by Crippen LogP contribution is -2.59. The molecule has 2 aliphatic carbocycles. The van der Waals surface area contributed by atoms with Crippen molar-refractivity contribution in [2.24, 2.45) is 11.8 Å². The van der Waals surface area contributed by atoms with Gasteiger partial charge in [0.05, 0.1) is 0 Å². The van der Waals surface area contributed by atoms with E-state index >= 15 is 0 Å². The van der Waals surface area contributed by atoms with Gasteiger partial charge in [0, 0.05) is 12.1 Å². The Morgan fingerprint density at radius 3 is 2.00 bits per heavy atom. The number of amidine groups is 1. The van der Waals surface area contributed by atoms with E-state index in [2.05, 4.69) is 4.90 Å². The number of nitrogens with one attached hydrogen (secondary N) is 1. The molecular weight excluding hydrogens is 192 g/mol. The molecule has 0 spiro atoms. The van der Waals surface area contributed by atoms with Gasteiger partial charge in [0.2, 0.25) is 0 Å². The van der Waals surface area contributed by atoms with Crippen LogP contribution in [0.25, 0.3) is 0 Å². The van der Waals surface area contributed by atoms with Gasteiger partial charge < -0.3 is 4.90 Å². The summed E-state index contributed by atoms with van der Waals surface area (Å²) in [5.41, 5.74) is 0. The Kier molecular flexibility index (Phi) is 2.05. The molecule has 4 rings (SSSR count). The fourth-order valence-electron chi connectivity index (χ4n) is 3.97. The predicted molar refractivity (Wildman–Crippen MR) is 60.7 cm³/mol. The quantitative estimate of drug-likeness (QED) is 0.491. The van der Waals surface area contributed by atoms with Gasteiger partial charge in [-0.2, -0.15) is 0 Å². The van der Waals surface area contributed by atoms with Crippen LogP contribution in [0.3, 0.4) is 0 Å². The van der Waals surface area contributed by atoms with E-state index in [9.17, 15) is 0 Å². The molecule has 4 bridgehead atoms. The smallest absolute Gasteiger partial charge is 0.156 e. The van der Waals surface area contributed by atoms with Crippen LogP contribution in [-0.4, -0.2) is 28.4 Å². The average molecular weight is 210 g/mol. The zero-order valence-electron chi connectivity index (χ0n) is 8.70. The lowest BCUT2D eigenvalue weighted by atomic mass is 9.64. The van der Waals surface area contributed by atoms with Crippen molar-refractivity contribution in [3.8, 4) is 0 Å². The number of hydrogen-bond donors (Lipinski definition) is 1. The van der Waals surface area contributed by atoms with Crippen molar-refractivity contribution in [1.82, 2.24) is 4.90 Å². The molecule has 4 aliphatic rings. The van der Waals surface area contributed by atoms with Crippen LogP contribution in [0.5, 0.6) is 0 Å². The van der Waals surface area contributed by atoms with Gasteiger partial charge in [-0.1, -0.05) is 11.8 Å². The molecular formula is C11H18N2S. The molecule has 0 aromatic rings. The van der Waals surface area contributed by atoms with Crippen molar-refractivity contribution < 1.29 is 0 Å². The van der Waals surface area contributed by atoms with Crippen LogP contribution in [0.4, 0.5) is 0 Å². The van der Waals surface area contributed by atoms with E-state index in [1.54, 1.807) is 11.8 Å². The summed E-state index contributed by atoms with van der Waals surface area (Å²) in [6.45, 7) is 0. The Morgan fingerprint density at radius 2 is 1.57 bits per heavy atom. The van der Waals surface area contributed by atoms with Gasteiger partial charge in [-0.25, -0.2) is 0 Å². The van der Waals surface area contributed by atoms with Crippen LogP contribution in [0.2, 0.25) is 0 Å². The summed E-state index contributed by atoms with van der Waals surface area (Å²) < 4.78 is 0. The summed E-state index contributed by atoms with van der Waals surface area (Å²) in [5, 5.41) is 8.82. The van der Waals surface area contributed by atoms with Crippen LogP contribution in [0, 0.1) is 17.2 Å². The Labute approximate surface area is 89.9 Å². The van der Waals surface area contributed by atoms with Crippen LogP contribution >= 0.6 is 11.8 Å². The molecule has 0 unspecified atom stereocenters. The van der Waals surface area contributed by atoms with E-state index in [4.69, 9.17) is 5.41 Å². The van der Waals surface area contributed by atoms with Crippen molar-refractivity contribution in [2.75, 3.05) is 6.26 Å². The first-order valence-electron chi connectivity index (χ1n) is 5.68. The van der Waals surface area contributed by atoms with Gasteiger partial charge in [0.1, 0.15) is 0 Å². The third-order valence-corrected chi connectivity index (χ3v) is 4.90. The second-order valence-corrected chi connectivity index (χ2v) is 5.93. The largest absolute Gasteiger partial charge is 0.346 e. The number of piperidine rings is 2. The topological polar surface area (TPSA) is 27.1 Å². The highest BCUT2D eigenvalue weighted by Gasteiger charge is 2.47. The SMILES string of the molecule is CSC(=N)N1C2CC3CC(C2)CC1C3. The maximum atomic E-state index is 8.00.